The Kier molecular flexibility index (Phi) is 8.43. The third kappa shape index (κ3) is 6.55. The van der Waals surface area contributed by atoms with E-state index in [0.29, 0.717) is 30.0 Å². The maximum atomic E-state index is 12.8. The first-order chi connectivity index (χ1) is 17.5. The lowest BCUT2D eigenvalue weighted by atomic mass is 10.1. The topological polar surface area (TPSA) is 132 Å². The second kappa shape index (κ2) is 12.1. The van der Waals surface area contributed by atoms with Gasteiger partial charge in [0.1, 0.15) is 12.4 Å². The van der Waals surface area contributed by atoms with E-state index in [1.807, 2.05) is 24.3 Å². The number of ether oxygens (including phenoxy) is 2. The third-order valence-corrected chi connectivity index (χ3v) is 5.79. The highest BCUT2D eigenvalue weighted by atomic mass is 16.5. The van der Waals surface area contributed by atoms with Crippen LogP contribution in [0.15, 0.2) is 54.7 Å². The number of rotatable bonds is 9. The van der Waals surface area contributed by atoms with Crippen LogP contribution in [0.4, 0.5) is 5.82 Å². The number of morpholine rings is 1. The Balaban J connectivity index is 1.35. The van der Waals surface area contributed by atoms with Crippen molar-refractivity contribution in [2.75, 3.05) is 52.2 Å². The Bertz CT molecular complexity index is 1210. The van der Waals surface area contributed by atoms with E-state index in [0.717, 1.165) is 44.2 Å². The van der Waals surface area contributed by atoms with Crippen molar-refractivity contribution in [1.82, 2.24) is 25.5 Å². The average Bonchev–Trinajstić information content (AvgIpc) is 2.92. The molecule has 0 bridgehead atoms. The fourth-order valence-corrected chi connectivity index (χ4v) is 3.79. The molecule has 0 aliphatic carbocycles. The van der Waals surface area contributed by atoms with Gasteiger partial charge in [0.2, 0.25) is 0 Å². The van der Waals surface area contributed by atoms with Crippen LogP contribution in [0.3, 0.4) is 0 Å². The zero-order valence-corrected chi connectivity index (χ0v) is 20.2. The van der Waals surface area contributed by atoms with Crippen LogP contribution in [0.1, 0.15) is 26.4 Å². The molecule has 1 saturated heterocycles. The molecule has 1 aliphatic heterocycles. The van der Waals surface area contributed by atoms with Crippen molar-refractivity contribution >= 4 is 17.6 Å². The summed E-state index contributed by atoms with van der Waals surface area (Å²) in [6, 6.07) is 14.7. The molecule has 4 rings (SSSR count). The van der Waals surface area contributed by atoms with E-state index < -0.39 is 5.91 Å². The molecule has 1 fully saturated rings. The smallest absolute Gasteiger partial charge is 0.273 e. The van der Waals surface area contributed by atoms with Gasteiger partial charge in [-0.2, -0.15) is 0 Å². The molecule has 0 saturated carbocycles. The first-order valence-electron chi connectivity index (χ1n) is 11.8. The van der Waals surface area contributed by atoms with Crippen LogP contribution in [0.2, 0.25) is 0 Å². The van der Waals surface area contributed by atoms with E-state index in [-0.39, 0.29) is 17.4 Å². The predicted molar refractivity (Wildman–Crippen MR) is 136 cm³/mol. The number of benzene rings is 2. The van der Waals surface area contributed by atoms with Crippen LogP contribution >= 0.6 is 0 Å². The zero-order valence-electron chi connectivity index (χ0n) is 20.2. The summed E-state index contributed by atoms with van der Waals surface area (Å²) in [4.78, 5) is 35.5. The Labute approximate surface area is 209 Å². The van der Waals surface area contributed by atoms with Crippen molar-refractivity contribution in [2.45, 2.75) is 6.54 Å². The van der Waals surface area contributed by atoms with E-state index in [4.69, 9.17) is 15.2 Å². The monoisotopic (exact) mass is 490 g/mol. The van der Waals surface area contributed by atoms with Crippen LogP contribution in [-0.2, 0) is 11.3 Å². The van der Waals surface area contributed by atoms with Crippen molar-refractivity contribution in [3.8, 4) is 17.0 Å². The fourth-order valence-electron chi connectivity index (χ4n) is 3.79. The van der Waals surface area contributed by atoms with Crippen LogP contribution in [-0.4, -0.2) is 73.2 Å². The second-order valence-electron chi connectivity index (χ2n) is 8.28. The maximum absolute atomic E-state index is 12.8. The summed E-state index contributed by atoms with van der Waals surface area (Å²) in [6.07, 6.45) is 1.48. The molecule has 36 heavy (non-hydrogen) atoms. The number of hydrogen-bond acceptors (Lipinski definition) is 8. The molecule has 2 heterocycles. The Hall–Kier alpha value is -4.02. The summed E-state index contributed by atoms with van der Waals surface area (Å²) in [5.74, 6) is 0.152. The number of nitrogen functional groups attached to an aromatic ring is 1. The summed E-state index contributed by atoms with van der Waals surface area (Å²) >= 11 is 0. The first kappa shape index (κ1) is 25.1. The normalized spacial score (nSPS) is 13.7. The lowest BCUT2D eigenvalue weighted by molar-refractivity contribution is 0.0322. The maximum Gasteiger partial charge on any atom is 0.273 e. The van der Waals surface area contributed by atoms with Crippen LogP contribution in [0, 0.1) is 0 Å². The number of aromatic nitrogens is 2. The van der Waals surface area contributed by atoms with E-state index >= 15 is 0 Å². The Morgan fingerprint density at radius 1 is 1.11 bits per heavy atom. The van der Waals surface area contributed by atoms with Gasteiger partial charge in [-0.25, -0.2) is 9.97 Å². The number of hydrogen-bond donors (Lipinski definition) is 3. The number of nitrogens with two attached hydrogens (primary N) is 1. The van der Waals surface area contributed by atoms with Gasteiger partial charge in [0, 0.05) is 44.4 Å². The van der Waals surface area contributed by atoms with Gasteiger partial charge in [0.05, 0.1) is 25.1 Å². The van der Waals surface area contributed by atoms with Crippen molar-refractivity contribution in [3.05, 3.63) is 71.5 Å². The summed E-state index contributed by atoms with van der Waals surface area (Å²) in [5, 5.41) is 5.43. The van der Waals surface area contributed by atoms with Crippen LogP contribution in [0.5, 0.6) is 5.75 Å². The van der Waals surface area contributed by atoms with Crippen LogP contribution in [0.25, 0.3) is 11.3 Å². The van der Waals surface area contributed by atoms with Crippen molar-refractivity contribution in [3.63, 3.8) is 0 Å². The third-order valence-electron chi connectivity index (χ3n) is 5.79. The Morgan fingerprint density at radius 2 is 1.92 bits per heavy atom. The fraction of sp³-hybridized carbons (Fsp3) is 0.308. The molecule has 2 aromatic carbocycles. The number of anilines is 1. The lowest BCUT2D eigenvalue weighted by Crippen LogP contribution is -2.38. The van der Waals surface area contributed by atoms with Crippen molar-refractivity contribution < 1.29 is 19.1 Å². The molecule has 0 unspecified atom stereocenters. The molecule has 1 aromatic heterocycles. The molecule has 10 nitrogen and oxygen atoms in total. The molecular weight excluding hydrogens is 460 g/mol. The van der Waals surface area contributed by atoms with Gasteiger partial charge in [0.25, 0.3) is 11.8 Å². The van der Waals surface area contributed by atoms with Gasteiger partial charge in [-0.15, -0.1) is 0 Å². The van der Waals surface area contributed by atoms with E-state index in [2.05, 4.69) is 25.5 Å². The molecular formula is C26H30N6O4. The molecule has 188 valence electrons. The summed E-state index contributed by atoms with van der Waals surface area (Å²) in [5.41, 5.74) is 8.30. The molecule has 1 aliphatic rings. The van der Waals surface area contributed by atoms with E-state index in [1.165, 1.54) is 13.2 Å². The van der Waals surface area contributed by atoms with Gasteiger partial charge in [-0.05, 0) is 29.8 Å². The number of carbonyl (C=O) groups is 2. The molecule has 0 atom stereocenters. The molecule has 10 heteroatoms. The van der Waals surface area contributed by atoms with Crippen molar-refractivity contribution in [1.29, 1.82) is 0 Å². The van der Waals surface area contributed by atoms with Gasteiger partial charge in [-0.1, -0.05) is 24.3 Å². The van der Waals surface area contributed by atoms with Gasteiger partial charge in [-0.3, -0.25) is 14.5 Å². The first-order valence-corrected chi connectivity index (χ1v) is 11.8. The van der Waals surface area contributed by atoms with Crippen molar-refractivity contribution in [2.24, 2.45) is 0 Å². The molecule has 0 spiro atoms. The highest BCUT2D eigenvalue weighted by Gasteiger charge is 2.15. The number of nitrogens with zero attached hydrogens (tertiary/aromatic N) is 3. The zero-order chi connectivity index (χ0) is 25.3. The van der Waals surface area contributed by atoms with Crippen LogP contribution < -0.4 is 21.1 Å². The SMILES string of the molecule is CNC(=O)c1nc(-c2cccc(C(=O)NCc3cccc(OCCN4CCOCC4)c3)c2)cnc1N. The van der Waals surface area contributed by atoms with E-state index in [1.54, 1.807) is 24.3 Å². The Morgan fingerprint density at radius 3 is 2.72 bits per heavy atom. The standard InChI is InChI=1S/C26H30N6O4/c1-28-26(34)23-24(27)29-17-22(31-23)19-5-3-6-20(15-19)25(33)30-16-18-4-2-7-21(14-18)36-13-10-32-8-11-35-12-9-32/h2-7,14-15,17H,8-13,16H2,1H3,(H2,27,29)(H,28,34)(H,30,33). The quantitative estimate of drug-likeness (QED) is 0.413. The highest BCUT2D eigenvalue weighted by Crippen LogP contribution is 2.20. The number of amides is 2. The lowest BCUT2D eigenvalue weighted by Gasteiger charge is -2.26. The minimum atomic E-state index is -0.428. The molecule has 0 radical (unpaired) electrons. The largest absolute Gasteiger partial charge is 0.492 e. The minimum absolute atomic E-state index is 0.0388. The second-order valence-corrected chi connectivity index (χ2v) is 8.28. The average molecular weight is 491 g/mol. The number of carbonyl (C=O) groups excluding carboxylic acids is 2. The van der Waals surface area contributed by atoms with Gasteiger partial charge < -0.3 is 25.8 Å². The summed E-state index contributed by atoms with van der Waals surface area (Å²) in [7, 11) is 1.49. The van der Waals surface area contributed by atoms with Gasteiger partial charge >= 0.3 is 0 Å². The summed E-state index contributed by atoms with van der Waals surface area (Å²) in [6.45, 7) is 5.19. The van der Waals surface area contributed by atoms with Gasteiger partial charge in [0.15, 0.2) is 11.5 Å². The summed E-state index contributed by atoms with van der Waals surface area (Å²) < 4.78 is 11.3. The molecule has 3 aromatic rings. The minimum Gasteiger partial charge on any atom is -0.492 e. The van der Waals surface area contributed by atoms with E-state index in [9.17, 15) is 9.59 Å². The molecule has 2 amide bonds. The molecule has 4 N–H and O–H groups in total. The predicted octanol–water partition coefficient (Wildman–Crippen LogP) is 1.73. The number of nitrogens with one attached hydrogen (secondary N) is 2. The highest BCUT2D eigenvalue weighted by molar-refractivity contribution is 5.97.